The molecule has 4 aliphatic carbocycles. The molecule has 1 aromatic carbocycles. The van der Waals surface area contributed by atoms with Gasteiger partial charge in [-0.1, -0.05) is 39.0 Å². The van der Waals surface area contributed by atoms with Crippen molar-refractivity contribution in [3.8, 4) is 5.75 Å². The van der Waals surface area contributed by atoms with Gasteiger partial charge in [-0.05, 0) is 73.1 Å². The summed E-state index contributed by atoms with van der Waals surface area (Å²) in [5.74, 6) is 0.0870. The van der Waals surface area contributed by atoms with Crippen LogP contribution in [0.2, 0.25) is 0 Å². The van der Waals surface area contributed by atoms with Gasteiger partial charge in [0.25, 0.3) is 0 Å². The van der Waals surface area contributed by atoms with Crippen LogP contribution in [0.4, 0.5) is 0 Å². The zero-order chi connectivity index (χ0) is 26.4. The summed E-state index contributed by atoms with van der Waals surface area (Å²) in [6.45, 7) is 15.0. The highest BCUT2D eigenvalue weighted by Crippen LogP contribution is 2.68. The SMILES string of the molecule is C=CC1CCC(C=C)C12C[C@@](C(=O)O[C@@H]1C[C@@H]3CC[C@@]1(C)C3(C)C)(C1Cc3ccc(OC)cc31)C(=O)O2. The van der Waals surface area contributed by atoms with Gasteiger partial charge in [0.2, 0.25) is 0 Å². The standard InChI is InChI=1S/C32H40O5/c1-7-20-10-11-21(8-2)32(20)18-31(28(34)37-32,25-15-19-9-12-23(35-6)17-24(19)25)27(33)36-26-16-22-13-14-30(26,5)29(22,3)4/h7-9,12,17,20-22,25-26H,1-2,10-11,13-16,18H2,3-6H3/t20?,21?,22-,25?,26+,30+,31-,32?/m0/s1. The van der Waals surface area contributed by atoms with Gasteiger partial charge in [-0.2, -0.15) is 0 Å². The smallest absolute Gasteiger partial charge is 0.324 e. The molecule has 4 fully saturated rings. The van der Waals surface area contributed by atoms with Gasteiger partial charge in [0.1, 0.15) is 17.5 Å². The van der Waals surface area contributed by atoms with Gasteiger partial charge in [0, 0.05) is 29.6 Å². The topological polar surface area (TPSA) is 61.8 Å². The molecule has 1 heterocycles. The van der Waals surface area contributed by atoms with Crippen LogP contribution < -0.4 is 4.74 Å². The minimum atomic E-state index is -1.38. The van der Waals surface area contributed by atoms with E-state index in [1.807, 2.05) is 30.4 Å². The molecule has 1 spiro atoms. The van der Waals surface area contributed by atoms with Crippen LogP contribution in [0.25, 0.3) is 0 Å². The predicted molar refractivity (Wildman–Crippen MR) is 141 cm³/mol. The number of esters is 2. The minimum absolute atomic E-state index is 0.0158. The Hall–Kier alpha value is -2.56. The fraction of sp³-hybridized carbons (Fsp3) is 0.625. The second-order valence-corrected chi connectivity index (χ2v) is 13.1. The maximum atomic E-state index is 14.5. The third-order valence-corrected chi connectivity index (χ3v) is 11.9. The van der Waals surface area contributed by atoms with Gasteiger partial charge in [-0.25, -0.2) is 0 Å². The zero-order valence-corrected chi connectivity index (χ0v) is 22.7. The van der Waals surface area contributed by atoms with Crippen molar-refractivity contribution in [3.63, 3.8) is 0 Å². The van der Waals surface area contributed by atoms with Crippen LogP contribution in [-0.2, 0) is 25.5 Å². The normalized spacial score (nSPS) is 42.7. The van der Waals surface area contributed by atoms with Crippen molar-refractivity contribution < 1.29 is 23.8 Å². The first-order valence-electron chi connectivity index (χ1n) is 13.9. The summed E-state index contributed by atoms with van der Waals surface area (Å²) >= 11 is 0. The summed E-state index contributed by atoms with van der Waals surface area (Å²) < 4.78 is 18.3. The van der Waals surface area contributed by atoms with Crippen molar-refractivity contribution >= 4 is 11.9 Å². The summed E-state index contributed by atoms with van der Waals surface area (Å²) in [4.78, 5) is 28.6. The Morgan fingerprint density at radius 1 is 1.11 bits per heavy atom. The van der Waals surface area contributed by atoms with E-state index in [1.165, 1.54) is 6.42 Å². The van der Waals surface area contributed by atoms with Crippen LogP contribution in [0.1, 0.15) is 76.3 Å². The number of fused-ring (bicyclic) bond motifs is 3. The average Bonchev–Trinajstić information content (AvgIpc) is 3.49. The van der Waals surface area contributed by atoms with Crippen LogP contribution in [0.5, 0.6) is 5.75 Å². The number of benzene rings is 1. The fourth-order valence-corrected chi connectivity index (χ4v) is 8.93. The molecule has 0 radical (unpaired) electrons. The lowest BCUT2D eigenvalue weighted by molar-refractivity contribution is -0.177. The molecule has 0 amide bonds. The lowest BCUT2D eigenvalue weighted by Crippen LogP contribution is -2.50. The number of carbonyl (C=O) groups excluding carboxylic acids is 2. The molecule has 3 saturated carbocycles. The molecular weight excluding hydrogens is 464 g/mol. The third kappa shape index (κ3) is 2.97. The summed E-state index contributed by atoms with van der Waals surface area (Å²) in [5, 5.41) is 0. The molecule has 5 nitrogen and oxygen atoms in total. The molecule has 198 valence electrons. The van der Waals surface area contributed by atoms with Crippen LogP contribution >= 0.6 is 0 Å². The number of carbonyl (C=O) groups is 2. The lowest BCUT2D eigenvalue weighted by Gasteiger charge is -2.43. The van der Waals surface area contributed by atoms with Crippen LogP contribution in [0, 0.1) is 34.0 Å². The summed E-state index contributed by atoms with van der Waals surface area (Å²) in [6.07, 6.45) is 9.38. The molecule has 1 aliphatic heterocycles. The minimum Gasteiger partial charge on any atom is -0.497 e. The van der Waals surface area contributed by atoms with Gasteiger partial charge in [0.05, 0.1) is 7.11 Å². The molecule has 7 atom stereocenters. The summed E-state index contributed by atoms with van der Waals surface area (Å²) in [7, 11) is 1.64. The Bertz CT molecular complexity index is 1170. The van der Waals surface area contributed by atoms with Crippen molar-refractivity contribution in [2.75, 3.05) is 7.11 Å². The first-order valence-corrected chi connectivity index (χ1v) is 13.9. The Kier molecular flexibility index (Phi) is 5.33. The predicted octanol–water partition coefficient (Wildman–Crippen LogP) is 6.16. The number of methoxy groups -OCH3 is 1. The van der Waals surface area contributed by atoms with Crippen molar-refractivity contribution in [1.29, 1.82) is 0 Å². The van der Waals surface area contributed by atoms with Gasteiger partial charge in [0.15, 0.2) is 5.41 Å². The number of rotatable bonds is 6. The largest absolute Gasteiger partial charge is 0.497 e. The quantitative estimate of drug-likeness (QED) is 0.264. The maximum absolute atomic E-state index is 14.5. The lowest BCUT2D eigenvalue weighted by atomic mass is 9.58. The maximum Gasteiger partial charge on any atom is 0.324 e. The molecule has 2 bridgehead atoms. The first kappa shape index (κ1) is 24.8. The van der Waals surface area contributed by atoms with Crippen LogP contribution in [0.15, 0.2) is 43.5 Å². The monoisotopic (exact) mass is 504 g/mol. The van der Waals surface area contributed by atoms with Crippen LogP contribution in [0.3, 0.4) is 0 Å². The Labute approximate surface area is 220 Å². The average molecular weight is 505 g/mol. The Morgan fingerprint density at radius 2 is 1.81 bits per heavy atom. The van der Waals surface area contributed by atoms with E-state index in [4.69, 9.17) is 14.2 Å². The van der Waals surface area contributed by atoms with Gasteiger partial charge >= 0.3 is 11.9 Å². The first-order chi connectivity index (χ1) is 17.6. The van der Waals surface area contributed by atoms with E-state index in [-0.39, 0.29) is 34.7 Å². The molecule has 5 heteroatoms. The number of hydrogen-bond donors (Lipinski definition) is 0. The third-order valence-electron chi connectivity index (χ3n) is 11.9. The number of hydrogen-bond acceptors (Lipinski definition) is 5. The van der Waals surface area contributed by atoms with E-state index in [1.54, 1.807) is 7.11 Å². The Morgan fingerprint density at radius 3 is 2.38 bits per heavy atom. The highest BCUT2D eigenvalue weighted by Gasteiger charge is 2.72. The van der Waals surface area contributed by atoms with E-state index >= 15 is 0 Å². The van der Waals surface area contributed by atoms with E-state index < -0.39 is 23.0 Å². The Balaban J connectivity index is 1.42. The molecule has 1 aromatic rings. The molecule has 5 aliphatic rings. The molecular formula is C32H40O5. The van der Waals surface area contributed by atoms with E-state index in [2.05, 4.69) is 33.9 Å². The van der Waals surface area contributed by atoms with Gasteiger partial charge in [-0.3, -0.25) is 9.59 Å². The molecule has 1 saturated heterocycles. The van der Waals surface area contributed by atoms with Crippen molar-refractivity contribution in [2.45, 2.75) is 83.3 Å². The fourth-order valence-electron chi connectivity index (χ4n) is 8.93. The second kappa shape index (κ2) is 7.97. The summed E-state index contributed by atoms with van der Waals surface area (Å²) in [5.41, 5.74) is -0.0250. The van der Waals surface area contributed by atoms with Gasteiger partial charge in [-0.15, -0.1) is 13.2 Å². The van der Waals surface area contributed by atoms with Crippen LogP contribution in [-0.4, -0.2) is 30.8 Å². The van der Waals surface area contributed by atoms with Crippen molar-refractivity contribution in [2.24, 2.45) is 34.0 Å². The molecule has 37 heavy (non-hydrogen) atoms. The zero-order valence-electron chi connectivity index (χ0n) is 22.7. The highest BCUT2D eigenvalue weighted by atomic mass is 16.6. The highest BCUT2D eigenvalue weighted by molar-refractivity contribution is 6.03. The molecule has 6 rings (SSSR count). The molecule has 0 aromatic heterocycles. The van der Waals surface area contributed by atoms with E-state index in [0.29, 0.717) is 18.8 Å². The number of ether oxygens (including phenoxy) is 3. The van der Waals surface area contributed by atoms with E-state index in [9.17, 15) is 9.59 Å². The van der Waals surface area contributed by atoms with Crippen molar-refractivity contribution in [1.82, 2.24) is 0 Å². The van der Waals surface area contributed by atoms with Gasteiger partial charge < -0.3 is 14.2 Å². The second-order valence-electron chi connectivity index (χ2n) is 13.1. The summed E-state index contributed by atoms with van der Waals surface area (Å²) in [6, 6.07) is 5.95. The molecule has 0 N–H and O–H groups in total. The molecule has 3 unspecified atom stereocenters. The van der Waals surface area contributed by atoms with E-state index in [0.717, 1.165) is 42.6 Å². The van der Waals surface area contributed by atoms with Crippen molar-refractivity contribution in [3.05, 3.63) is 54.6 Å².